The molecular formula is C31H32N2O3. The van der Waals surface area contributed by atoms with E-state index < -0.39 is 12.0 Å². The van der Waals surface area contributed by atoms with Crippen molar-refractivity contribution in [2.75, 3.05) is 4.90 Å². The number of anilines is 1. The second-order valence-electron chi connectivity index (χ2n) is 9.96. The molecule has 0 spiro atoms. The molecule has 3 aromatic rings. The molecule has 1 aliphatic carbocycles. The van der Waals surface area contributed by atoms with E-state index in [4.69, 9.17) is 4.99 Å². The fourth-order valence-corrected chi connectivity index (χ4v) is 5.50. The van der Waals surface area contributed by atoms with Gasteiger partial charge in [-0.15, -0.1) is 0 Å². The van der Waals surface area contributed by atoms with Gasteiger partial charge in [-0.2, -0.15) is 0 Å². The molecule has 36 heavy (non-hydrogen) atoms. The minimum atomic E-state index is -1.01. The predicted molar refractivity (Wildman–Crippen MR) is 143 cm³/mol. The second kappa shape index (κ2) is 10.5. The summed E-state index contributed by atoms with van der Waals surface area (Å²) in [5.41, 5.74) is 5.74. The fourth-order valence-electron chi connectivity index (χ4n) is 5.50. The van der Waals surface area contributed by atoms with Crippen molar-refractivity contribution in [1.29, 1.82) is 0 Å². The lowest BCUT2D eigenvalue weighted by Crippen LogP contribution is -2.38. The molecule has 2 aliphatic rings. The van der Waals surface area contributed by atoms with Crippen LogP contribution in [0, 0.1) is 0 Å². The Kier molecular flexibility index (Phi) is 6.99. The number of aromatic carboxylic acids is 1. The van der Waals surface area contributed by atoms with Crippen LogP contribution in [0.25, 0.3) is 0 Å². The molecule has 1 heterocycles. The van der Waals surface area contributed by atoms with Gasteiger partial charge < -0.3 is 10.0 Å². The van der Waals surface area contributed by atoms with Gasteiger partial charge in [-0.3, -0.25) is 9.79 Å². The number of benzodiazepines with no additional fused rings is 1. The number of rotatable bonds is 6. The summed E-state index contributed by atoms with van der Waals surface area (Å²) in [6.07, 6.45) is 6.89. The maximum absolute atomic E-state index is 13.9. The number of aliphatic imine (C=N–C) groups is 1. The highest BCUT2D eigenvalue weighted by atomic mass is 16.4. The van der Waals surface area contributed by atoms with Crippen molar-refractivity contribution in [3.05, 3.63) is 101 Å². The number of carbonyl (C=O) groups is 2. The lowest BCUT2D eigenvalue weighted by molar-refractivity contribution is -0.119. The quantitative estimate of drug-likeness (QED) is 0.444. The zero-order chi connectivity index (χ0) is 25.1. The first-order valence-corrected chi connectivity index (χ1v) is 12.9. The van der Waals surface area contributed by atoms with Crippen molar-refractivity contribution in [3.8, 4) is 0 Å². The van der Waals surface area contributed by atoms with Crippen LogP contribution in [0.2, 0.25) is 0 Å². The monoisotopic (exact) mass is 480 g/mol. The molecule has 5 rings (SSSR count). The minimum absolute atomic E-state index is 0.115. The van der Waals surface area contributed by atoms with Gasteiger partial charge in [0.1, 0.15) is 6.04 Å². The Morgan fingerprint density at radius 3 is 2.36 bits per heavy atom. The van der Waals surface area contributed by atoms with Gasteiger partial charge in [0, 0.05) is 17.7 Å². The number of hydrogen-bond acceptors (Lipinski definition) is 3. The molecule has 0 bridgehead atoms. The number of hydrogen-bond donors (Lipinski definition) is 1. The largest absolute Gasteiger partial charge is 0.478 e. The molecular weight excluding hydrogens is 448 g/mol. The lowest BCUT2D eigenvalue weighted by Gasteiger charge is -2.26. The van der Waals surface area contributed by atoms with Crippen LogP contribution in [0.1, 0.15) is 77.6 Å². The van der Waals surface area contributed by atoms with E-state index >= 15 is 0 Å². The fraction of sp³-hybridized carbons (Fsp3) is 0.323. The smallest absolute Gasteiger partial charge is 0.335 e. The van der Waals surface area contributed by atoms with Crippen LogP contribution in [-0.2, 0) is 17.8 Å². The highest BCUT2D eigenvalue weighted by molar-refractivity contribution is 6.12. The van der Waals surface area contributed by atoms with Gasteiger partial charge in [0.2, 0.25) is 0 Å². The van der Waals surface area contributed by atoms with Gasteiger partial charge >= 0.3 is 5.97 Å². The molecule has 1 N–H and O–H groups in total. The first-order valence-electron chi connectivity index (χ1n) is 12.9. The number of carbonyl (C=O) groups excluding carboxylic acids is 1. The highest BCUT2D eigenvalue weighted by Gasteiger charge is 2.31. The van der Waals surface area contributed by atoms with Gasteiger partial charge in [0.25, 0.3) is 5.91 Å². The van der Waals surface area contributed by atoms with Crippen LogP contribution in [0.15, 0.2) is 77.8 Å². The predicted octanol–water partition coefficient (Wildman–Crippen LogP) is 6.40. The van der Waals surface area contributed by atoms with E-state index in [1.54, 1.807) is 23.1 Å². The van der Waals surface area contributed by atoms with Gasteiger partial charge in [-0.1, -0.05) is 79.9 Å². The Hall–Kier alpha value is -3.73. The lowest BCUT2D eigenvalue weighted by atomic mass is 9.84. The average Bonchev–Trinajstić information content (AvgIpc) is 3.00. The molecule has 0 aromatic heterocycles. The summed E-state index contributed by atoms with van der Waals surface area (Å²) in [6.45, 7) is 2.26. The van der Waals surface area contributed by atoms with Crippen LogP contribution >= 0.6 is 0 Å². The summed E-state index contributed by atoms with van der Waals surface area (Å²) in [5.74, 6) is -0.504. The van der Waals surface area contributed by atoms with E-state index in [0.717, 1.165) is 22.4 Å². The van der Waals surface area contributed by atoms with Crippen LogP contribution < -0.4 is 4.90 Å². The van der Waals surface area contributed by atoms with Crippen LogP contribution in [0.5, 0.6) is 0 Å². The topological polar surface area (TPSA) is 70.0 Å². The summed E-state index contributed by atoms with van der Waals surface area (Å²) >= 11 is 0. The standard InChI is InChI=1S/C31H32N2O3/c1-21-27-17-16-26(31(35)36)19-29(27)33(30(34)28(32-21)18-22-8-4-2-5-9-22)20-23-12-14-25(15-13-23)24-10-6-3-7-11-24/h2,4-5,8-9,12-17,19,24,28H,3,6-7,10-11,18,20H2,1H3,(H,35,36)/t28-/m1/s1. The normalized spacial score (nSPS) is 18.4. The van der Waals surface area contributed by atoms with Crippen molar-refractivity contribution >= 4 is 23.3 Å². The number of amides is 1. The number of fused-ring (bicyclic) bond motifs is 1. The van der Waals surface area contributed by atoms with Crippen molar-refractivity contribution in [3.63, 3.8) is 0 Å². The van der Waals surface area contributed by atoms with Gasteiger partial charge in [0.15, 0.2) is 0 Å². The minimum Gasteiger partial charge on any atom is -0.478 e. The number of carboxylic acids is 1. The van der Waals surface area contributed by atoms with Crippen molar-refractivity contribution in [2.45, 2.75) is 64.0 Å². The van der Waals surface area contributed by atoms with E-state index in [-0.39, 0.29) is 11.5 Å². The molecule has 1 saturated carbocycles. The number of nitrogens with zero attached hydrogens (tertiary/aromatic N) is 2. The highest BCUT2D eigenvalue weighted by Crippen LogP contribution is 2.34. The zero-order valence-electron chi connectivity index (χ0n) is 20.7. The molecule has 3 aromatic carbocycles. The first kappa shape index (κ1) is 24.0. The van der Waals surface area contributed by atoms with E-state index in [2.05, 4.69) is 24.3 Å². The first-order chi connectivity index (χ1) is 17.5. The van der Waals surface area contributed by atoms with Gasteiger partial charge in [-0.05, 0) is 54.5 Å². The molecule has 0 radical (unpaired) electrons. The van der Waals surface area contributed by atoms with Crippen molar-refractivity contribution in [2.24, 2.45) is 4.99 Å². The third kappa shape index (κ3) is 5.11. The molecule has 5 nitrogen and oxygen atoms in total. The summed E-state index contributed by atoms with van der Waals surface area (Å²) in [5, 5.41) is 9.63. The second-order valence-corrected chi connectivity index (χ2v) is 9.96. The Morgan fingerprint density at radius 2 is 1.67 bits per heavy atom. The SMILES string of the molecule is CC1=N[C@H](Cc2ccccc2)C(=O)N(Cc2ccc(C3CCCCC3)cc2)c2cc(C(=O)O)ccc21. The average molecular weight is 481 g/mol. The van der Waals surface area contributed by atoms with Crippen molar-refractivity contribution in [1.82, 2.24) is 0 Å². The third-order valence-electron chi connectivity index (χ3n) is 7.49. The van der Waals surface area contributed by atoms with Crippen molar-refractivity contribution < 1.29 is 14.7 Å². The van der Waals surface area contributed by atoms with Crippen LogP contribution in [0.4, 0.5) is 5.69 Å². The van der Waals surface area contributed by atoms with E-state index in [0.29, 0.717) is 24.6 Å². The Bertz CT molecular complexity index is 1270. The number of carboxylic acid groups (broad SMARTS) is 1. The van der Waals surface area contributed by atoms with E-state index in [1.807, 2.05) is 37.3 Å². The molecule has 1 atom stereocenters. The molecule has 1 amide bonds. The maximum Gasteiger partial charge on any atom is 0.335 e. The molecule has 0 saturated heterocycles. The molecule has 1 fully saturated rings. The van der Waals surface area contributed by atoms with Gasteiger partial charge in [-0.25, -0.2) is 4.79 Å². The molecule has 5 heteroatoms. The van der Waals surface area contributed by atoms with Crippen LogP contribution in [0.3, 0.4) is 0 Å². The summed E-state index contributed by atoms with van der Waals surface area (Å²) < 4.78 is 0. The molecule has 1 aliphatic heterocycles. The van der Waals surface area contributed by atoms with Gasteiger partial charge in [0.05, 0.1) is 17.8 Å². The number of benzene rings is 3. The molecule has 0 unspecified atom stereocenters. The Morgan fingerprint density at radius 1 is 0.944 bits per heavy atom. The third-order valence-corrected chi connectivity index (χ3v) is 7.49. The Labute approximate surface area is 212 Å². The maximum atomic E-state index is 13.9. The Balaban J connectivity index is 1.49. The molecule has 184 valence electrons. The summed E-state index contributed by atoms with van der Waals surface area (Å²) in [6, 6.07) is 22.9. The van der Waals surface area contributed by atoms with Crippen LogP contribution in [-0.4, -0.2) is 28.7 Å². The summed E-state index contributed by atoms with van der Waals surface area (Å²) in [7, 11) is 0. The zero-order valence-corrected chi connectivity index (χ0v) is 20.7. The summed E-state index contributed by atoms with van der Waals surface area (Å²) in [4.78, 5) is 32.2. The van der Waals surface area contributed by atoms with E-state index in [1.165, 1.54) is 37.7 Å². The van der Waals surface area contributed by atoms with E-state index in [9.17, 15) is 14.7 Å².